The van der Waals surface area contributed by atoms with Gasteiger partial charge in [0.15, 0.2) is 0 Å². The molecule has 1 aliphatic rings. The predicted molar refractivity (Wildman–Crippen MR) is 138 cm³/mol. The van der Waals surface area contributed by atoms with Gasteiger partial charge in [0.05, 0.1) is 31.1 Å². The third-order valence-corrected chi connectivity index (χ3v) is 7.29. The van der Waals surface area contributed by atoms with Gasteiger partial charge in [0, 0.05) is 16.2 Å². The number of phenolic OH excluding ortho intramolecular Hbond substituents is 1. The van der Waals surface area contributed by atoms with Gasteiger partial charge in [-0.25, -0.2) is 4.79 Å². The summed E-state index contributed by atoms with van der Waals surface area (Å²) in [5, 5.41) is 44.9. The summed E-state index contributed by atoms with van der Waals surface area (Å²) in [5.74, 6) is 0.526. The fourth-order valence-corrected chi connectivity index (χ4v) is 5.28. The number of aromatic hydroxyl groups is 1. The Hall–Kier alpha value is -3.63. The molecule has 1 aromatic heterocycles. The third kappa shape index (κ3) is 3.58. The Morgan fingerprint density at radius 3 is 2.32 bits per heavy atom. The lowest BCUT2D eigenvalue weighted by Gasteiger charge is -2.46. The second-order valence-electron chi connectivity index (χ2n) is 9.50. The van der Waals surface area contributed by atoms with Crippen LogP contribution < -0.4 is 15.1 Å². The van der Waals surface area contributed by atoms with Gasteiger partial charge in [-0.3, -0.25) is 0 Å². The molecule has 0 amide bonds. The molecule has 1 saturated heterocycles. The number of aliphatic hydroxyl groups is 3. The molecule has 1 aliphatic heterocycles. The van der Waals surface area contributed by atoms with E-state index in [2.05, 4.69) is 6.58 Å². The number of aliphatic hydroxyl groups excluding tert-OH is 2. The van der Waals surface area contributed by atoms with E-state index in [0.29, 0.717) is 27.6 Å². The van der Waals surface area contributed by atoms with Gasteiger partial charge in [-0.05, 0) is 49.2 Å². The molecule has 9 heteroatoms. The molecule has 0 saturated carbocycles. The molecule has 4 N–H and O–H groups in total. The first kappa shape index (κ1) is 25.0. The van der Waals surface area contributed by atoms with Crippen molar-refractivity contribution in [3.05, 3.63) is 58.5 Å². The Kier molecular flexibility index (Phi) is 5.91. The van der Waals surface area contributed by atoms with Gasteiger partial charge >= 0.3 is 5.63 Å². The van der Waals surface area contributed by atoms with Crippen LogP contribution in [-0.4, -0.2) is 58.6 Å². The molecule has 5 rings (SSSR count). The van der Waals surface area contributed by atoms with E-state index in [0.717, 1.165) is 0 Å². The number of ether oxygens (including phenoxy) is 3. The summed E-state index contributed by atoms with van der Waals surface area (Å²) in [7, 11) is 2.93. The largest absolute Gasteiger partial charge is 0.507 e. The molecule has 0 spiro atoms. The maximum atomic E-state index is 13.3. The van der Waals surface area contributed by atoms with Crippen molar-refractivity contribution in [2.24, 2.45) is 0 Å². The number of benzene rings is 3. The van der Waals surface area contributed by atoms with Crippen LogP contribution in [0.5, 0.6) is 17.2 Å². The zero-order chi connectivity index (χ0) is 26.8. The number of phenols is 1. The first-order chi connectivity index (χ1) is 17.5. The maximum Gasteiger partial charge on any atom is 0.344 e. The van der Waals surface area contributed by atoms with Crippen molar-refractivity contribution < 1.29 is 39.1 Å². The van der Waals surface area contributed by atoms with Crippen LogP contribution in [0.15, 0.2) is 46.1 Å². The van der Waals surface area contributed by atoms with E-state index in [-0.39, 0.29) is 33.2 Å². The summed E-state index contributed by atoms with van der Waals surface area (Å²) in [4.78, 5) is 13.3. The molecule has 0 bridgehead atoms. The minimum absolute atomic E-state index is 0.109. The van der Waals surface area contributed by atoms with Crippen LogP contribution in [0, 0.1) is 0 Å². The highest BCUT2D eigenvalue weighted by Crippen LogP contribution is 2.48. The van der Waals surface area contributed by atoms with Crippen LogP contribution in [0.25, 0.3) is 38.6 Å². The number of fused-ring (bicyclic) bond motifs is 5. The first-order valence-electron chi connectivity index (χ1n) is 11.7. The number of rotatable bonds is 4. The van der Waals surface area contributed by atoms with Crippen molar-refractivity contribution in [2.45, 2.75) is 43.9 Å². The summed E-state index contributed by atoms with van der Waals surface area (Å²) in [6.07, 6.45) is -3.29. The molecule has 2 heterocycles. The van der Waals surface area contributed by atoms with Crippen molar-refractivity contribution in [3.63, 3.8) is 0 Å². The fraction of sp³-hybridized carbons (Fsp3) is 0.321. The number of hydrogen-bond acceptors (Lipinski definition) is 9. The zero-order valence-electron chi connectivity index (χ0n) is 20.8. The standard InChI is InChI=1S/C28H28O9/c1-6-13-9-16-20(18(10-13)34-4)15-11-19(35-5)22-17(29)8-7-14(21(22)23(15)37-27(16)32)24-26(31)28(3,33)25(30)12(2)36-24/h6-12,24-26,29-31,33H,1H2,2-5H3/t12?,24-,25-,26?,28?/m0/s1. The van der Waals surface area contributed by atoms with Crippen LogP contribution in [0.4, 0.5) is 0 Å². The van der Waals surface area contributed by atoms with Gasteiger partial charge in [0.2, 0.25) is 0 Å². The molecule has 3 aromatic carbocycles. The molecule has 9 nitrogen and oxygen atoms in total. The number of methoxy groups -OCH3 is 2. The smallest absolute Gasteiger partial charge is 0.344 e. The van der Waals surface area contributed by atoms with Crippen LogP contribution >= 0.6 is 0 Å². The van der Waals surface area contributed by atoms with E-state index >= 15 is 0 Å². The highest BCUT2D eigenvalue weighted by Gasteiger charge is 2.51. The molecule has 1 fully saturated rings. The fourth-order valence-electron chi connectivity index (χ4n) is 5.28. The molecule has 5 atom stereocenters. The van der Waals surface area contributed by atoms with Crippen LogP contribution in [0.1, 0.15) is 31.1 Å². The summed E-state index contributed by atoms with van der Waals surface area (Å²) >= 11 is 0. The topological polar surface area (TPSA) is 139 Å². The molecule has 194 valence electrons. The molecule has 0 radical (unpaired) electrons. The summed E-state index contributed by atoms with van der Waals surface area (Å²) < 4.78 is 23.1. The lowest BCUT2D eigenvalue weighted by molar-refractivity contribution is -0.261. The molecule has 37 heavy (non-hydrogen) atoms. The molecule has 3 unspecified atom stereocenters. The second kappa shape index (κ2) is 8.74. The summed E-state index contributed by atoms with van der Waals surface area (Å²) in [6.45, 7) is 6.67. The minimum Gasteiger partial charge on any atom is -0.507 e. The predicted octanol–water partition coefficient (Wildman–Crippen LogP) is 3.40. The second-order valence-corrected chi connectivity index (χ2v) is 9.50. The first-order valence-corrected chi connectivity index (χ1v) is 11.7. The van der Waals surface area contributed by atoms with Crippen LogP contribution in [-0.2, 0) is 4.74 Å². The summed E-state index contributed by atoms with van der Waals surface area (Å²) in [6, 6.07) is 7.95. The summed E-state index contributed by atoms with van der Waals surface area (Å²) in [5.41, 5.74) is -1.45. The van der Waals surface area contributed by atoms with E-state index in [1.807, 2.05) is 0 Å². The van der Waals surface area contributed by atoms with Crippen molar-refractivity contribution in [1.29, 1.82) is 0 Å². The highest BCUT2D eigenvalue weighted by molar-refractivity contribution is 6.19. The Balaban J connectivity index is 1.97. The van der Waals surface area contributed by atoms with Crippen LogP contribution in [0.2, 0.25) is 0 Å². The van der Waals surface area contributed by atoms with Crippen molar-refractivity contribution in [2.75, 3.05) is 14.2 Å². The Bertz CT molecular complexity index is 1620. The third-order valence-electron chi connectivity index (χ3n) is 7.29. The van der Waals surface area contributed by atoms with Crippen LogP contribution in [0.3, 0.4) is 0 Å². The van der Waals surface area contributed by atoms with E-state index in [9.17, 15) is 25.2 Å². The van der Waals surface area contributed by atoms with Gasteiger partial charge < -0.3 is 39.1 Å². The van der Waals surface area contributed by atoms with Gasteiger partial charge in [0.25, 0.3) is 0 Å². The maximum absolute atomic E-state index is 13.3. The van der Waals surface area contributed by atoms with Gasteiger partial charge in [-0.1, -0.05) is 18.7 Å². The van der Waals surface area contributed by atoms with Gasteiger partial charge in [-0.2, -0.15) is 0 Å². The lowest BCUT2D eigenvalue weighted by Crippen LogP contribution is -2.61. The Labute approximate surface area is 211 Å². The molecular weight excluding hydrogens is 480 g/mol. The normalized spacial score (nSPS) is 26.0. The monoisotopic (exact) mass is 508 g/mol. The minimum atomic E-state index is -1.90. The van der Waals surface area contributed by atoms with Crippen molar-refractivity contribution in [1.82, 2.24) is 0 Å². The van der Waals surface area contributed by atoms with Crippen molar-refractivity contribution in [3.8, 4) is 17.2 Å². The van der Waals surface area contributed by atoms with E-state index in [1.165, 1.54) is 33.3 Å². The lowest BCUT2D eigenvalue weighted by atomic mass is 9.80. The van der Waals surface area contributed by atoms with E-state index in [1.54, 1.807) is 31.2 Å². The van der Waals surface area contributed by atoms with Gasteiger partial charge in [-0.15, -0.1) is 0 Å². The van der Waals surface area contributed by atoms with E-state index < -0.39 is 35.6 Å². The molecule has 4 aromatic rings. The average Bonchev–Trinajstić information content (AvgIpc) is 2.89. The quantitative estimate of drug-likeness (QED) is 0.241. The average molecular weight is 509 g/mol. The van der Waals surface area contributed by atoms with E-state index in [4.69, 9.17) is 18.6 Å². The molecular formula is C28H28O9. The molecule has 0 aliphatic carbocycles. The zero-order valence-corrected chi connectivity index (χ0v) is 20.8. The Morgan fingerprint density at radius 1 is 1.00 bits per heavy atom. The Morgan fingerprint density at radius 2 is 1.68 bits per heavy atom. The SMILES string of the molecule is C=Cc1cc(OC)c2c(c1)c(=O)oc1c2cc(OC)c2c(O)ccc([C@@H]3OC(C)[C@H](O)C(C)(O)C3O)c21. The highest BCUT2D eigenvalue weighted by atomic mass is 16.5. The van der Waals surface area contributed by atoms with Crippen molar-refractivity contribution >= 4 is 38.6 Å². The number of hydrogen-bond donors (Lipinski definition) is 4. The van der Waals surface area contributed by atoms with Gasteiger partial charge in [0.1, 0.15) is 46.7 Å².